The second-order valence-electron chi connectivity index (χ2n) is 4.49. The Morgan fingerprint density at radius 1 is 1.41 bits per heavy atom. The summed E-state index contributed by atoms with van der Waals surface area (Å²) in [6.45, 7) is 0.536. The van der Waals surface area contributed by atoms with E-state index in [-0.39, 0.29) is 11.7 Å². The van der Waals surface area contributed by atoms with Gasteiger partial charge >= 0.3 is 5.97 Å². The SMILES string of the molecule is O=C(O)c1coc(CNC2CCC(O)CC2)c1. The predicted molar refractivity (Wildman–Crippen MR) is 60.8 cm³/mol. The summed E-state index contributed by atoms with van der Waals surface area (Å²) in [4.78, 5) is 10.6. The number of furan rings is 1. The average Bonchev–Trinajstić information content (AvgIpc) is 2.77. The minimum absolute atomic E-state index is 0.157. The molecular weight excluding hydrogens is 222 g/mol. The lowest BCUT2D eigenvalue weighted by Crippen LogP contribution is -2.34. The van der Waals surface area contributed by atoms with Gasteiger partial charge in [-0.2, -0.15) is 0 Å². The van der Waals surface area contributed by atoms with Crippen LogP contribution in [-0.4, -0.2) is 28.3 Å². The molecule has 17 heavy (non-hydrogen) atoms. The van der Waals surface area contributed by atoms with Crippen molar-refractivity contribution in [2.45, 2.75) is 44.4 Å². The van der Waals surface area contributed by atoms with Gasteiger partial charge in [-0.15, -0.1) is 0 Å². The summed E-state index contributed by atoms with van der Waals surface area (Å²) in [6, 6.07) is 1.92. The monoisotopic (exact) mass is 239 g/mol. The maximum atomic E-state index is 10.6. The zero-order chi connectivity index (χ0) is 12.3. The van der Waals surface area contributed by atoms with Crippen LogP contribution in [0.1, 0.15) is 41.8 Å². The van der Waals surface area contributed by atoms with Gasteiger partial charge in [-0.1, -0.05) is 0 Å². The molecule has 0 amide bonds. The van der Waals surface area contributed by atoms with Crippen molar-refractivity contribution in [3.05, 3.63) is 23.7 Å². The zero-order valence-electron chi connectivity index (χ0n) is 9.56. The Labute approximate surface area is 99.4 Å². The topological polar surface area (TPSA) is 82.7 Å². The van der Waals surface area contributed by atoms with Crippen molar-refractivity contribution in [3.8, 4) is 0 Å². The Bertz CT molecular complexity index is 380. The Balaban J connectivity index is 1.79. The van der Waals surface area contributed by atoms with Crippen molar-refractivity contribution >= 4 is 5.97 Å². The molecule has 1 aliphatic carbocycles. The number of nitrogens with one attached hydrogen (secondary N) is 1. The summed E-state index contributed by atoms with van der Waals surface area (Å²) >= 11 is 0. The van der Waals surface area contributed by atoms with Gasteiger partial charge in [0.2, 0.25) is 0 Å². The zero-order valence-corrected chi connectivity index (χ0v) is 9.56. The largest absolute Gasteiger partial charge is 0.478 e. The van der Waals surface area contributed by atoms with Gasteiger partial charge in [0.15, 0.2) is 0 Å². The molecule has 1 aromatic heterocycles. The molecule has 0 aromatic carbocycles. The molecule has 0 atom stereocenters. The molecule has 1 aliphatic rings. The standard InChI is InChI=1S/C12H17NO4/c14-10-3-1-9(2-4-10)13-6-11-5-8(7-17-11)12(15)16/h5,7,9-10,13-14H,1-4,6H2,(H,15,16). The van der Waals surface area contributed by atoms with Crippen LogP contribution in [0.25, 0.3) is 0 Å². The third-order valence-electron chi connectivity index (χ3n) is 3.16. The number of aromatic carboxylic acids is 1. The van der Waals surface area contributed by atoms with E-state index in [9.17, 15) is 9.90 Å². The molecule has 1 heterocycles. The minimum atomic E-state index is -0.971. The van der Waals surface area contributed by atoms with Gasteiger partial charge in [-0.3, -0.25) is 0 Å². The van der Waals surface area contributed by atoms with E-state index in [0.29, 0.717) is 18.3 Å². The normalized spacial score (nSPS) is 24.8. The van der Waals surface area contributed by atoms with Crippen molar-refractivity contribution in [3.63, 3.8) is 0 Å². The van der Waals surface area contributed by atoms with Crippen LogP contribution in [0.4, 0.5) is 0 Å². The number of hydrogen-bond acceptors (Lipinski definition) is 4. The molecule has 1 aromatic rings. The van der Waals surface area contributed by atoms with Crippen molar-refractivity contribution in [1.29, 1.82) is 0 Å². The highest BCUT2D eigenvalue weighted by Gasteiger charge is 2.19. The van der Waals surface area contributed by atoms with Crippen LogP contribution in [0, 0.1) is 0 Å². The number of hydrogen-bond donors (Lipinski definition) is 3. The Morgan fingerprint density at radius 3 is 2.71 bits per heavy atom. The van der Waals surface area contributed by atoms with E-state index in [1.165, 1.54) is 12.3 Å². The predicted octanol–water partition coefficient (Wildman–Crippen LogP) is 1.37. The quantitative estimate of drug-likeness (QED) is 0.739. The van der Waals surface area contributed by atoms with E-state index in [1.54, 1.807) is 0 Å². The molecule has 0 radical (unpaired) electrons. The van der Waals surface area contributed by atoms with Gasteiger partial charge in [0.05, 0.1) is 18.2 Å². The van der Waals surface area contributed by atoms with E-state index in [2.05, 4.69) is 5.32 Å². The minimum Gasteiger partial charge on any atom is -0.478 e. The van der Waals surface area contributed by atoms with Gasteiger partial charge in [-0.05, 0) is 31.7 Å². The molecule has 5 heteroatoms. The molecule has 0 spiro atoms. The molecule has 0 saturated heterocycles. The van der Waals surface area contributed by atoms with Crippen molar-refractivity contribution in [2.75, 3.05) is 0 Å². The van der Waals surface area contributed by atoms with Crippen molar-refractivity contribution in [2.24, 2.45) is 0 Å². The summed E-state index contributed by atoms with van der Waals surface area (Å²) in [7, 11) is 0. The number of aliphatic hydroxyl groups is 1. The Kier molecular flexibility index (Phi) is 3.81. The van der Waals surface area contributed by atoms with Gasteiger partial charge in [-0.25, -0.2) is 4.79 Å². The molecule has 3 N–H and O–H groups in total. The first-order chi connectivity index (χ1) is 8.15. The lowest BCUT2D eigenvalue weighted by Gasteiger charge is -2.25. The Hall–Kier alpha value is -1.33. The first-order valence-electron chi connectivity index (χ1n) is 5.87. The Morgan fingerprint density at radius 2 is 2.12 bits per heavy atom. The highest BCUT2D eigenvalue weighted by atomic mass is 16.4. The van der Waals surface area contributed by atoms with E-state index < -0.39 is 5.97 Å². The van der Waals surface area contributed by atoms with E-state index in [1.807, 2.05) is 0 Å². The van der Waals surface area contributed by atoms with Gasteiger partial charge in [0.25, 0.3) is 0 Å². The van der Waals surface area contributed by atoms with E-state index in [0.717, 1.165) is 25.7 Å². The average molecular weight is 239 g/mol. The van der Waals surface area contributed by atoms with E-state index >= 15 is 0 Å². The summed E-state index contributed by atoms with van der Waals surface area (Å²) in [6.07, 6.45) is 4.66. The first kappa shape index (κ1) is 12.1. The molecule has 1 saturated carbocycles. The van der Waals surface area contributed by atoms with Crippen LogP contribution in [0.5, 0.6) is 0 Å². The van der Waals surface area contributed by atoms with E-state index in [4.69, 9.17) is 9.52 Å². The summed E-state index contributed by atoms with van der Waals surface area (Å²) < 4.78 is 5.15. The first-order valence-corrected chi connectivity index (χ1v) is 5.87. The maximum absolute atomic E-state index is 10.6. The van der Waals surface area contributed by atoms with Gasteiger partial charge in [0, 0.05) is 6.04 Å². The van der Waals surface area contributed by atoms with Crippen LogP contribution in [0.3, 0.4) is 0 Å². The van der Waals surface area contributed by atoms with Gasteiger partial charge in [0.1, 0.15) is 12.0 Å². The fourth-order valence-electron chi connectivity index (χ4n) is 2.11. The molecular formula is C12H17NO4. The lowest BCUT2D eigenvalue weighted by molar-refractivity contribution is 0.0696. The third-order valence-corrected chi connectivity index (χ3v) is 3.16. The molecule has 5 nitrogen and oxygen atoms in total. The smallest absolute Gasteiger partial charge is 0.338 e. The van der Waals surface area contributed by atoms with Crippen LogP contribution < -0.4 is 5.32 Å². The molecule has 94 valence electrons. The van der Waals surface area contributed by atoms with Crippen LogP contribution in [0.2, 0.25) is 0 Å². The molecule has 0 bridgehead atoms. The summed E-state index contributed by atoms with van der Waals surface area (Å²) in [5.41, 5.74) is 0.181. The molecule has 2 rings (SSSR count). The number of rotatable bonds is 4. The highest BCUT2D eigenvalue weighted by molar-refractivity contribution is 5.87. The maximum Gasteiger partial charge on any atom is 0.338 e. The fourth-order valence-corrected chi connectivity index (χ4v) is 2.11. The van der Waals surface area contributed by atoms with Crippen LogP contribution in [0.15, 0.2) is 16.7 Å². The number of carbonyl (C=O) groups is 1. The fraction of sp³-hybridized carbons (Fsp3) is 0.583. The highest BCUT2D eigenvalue weighted by Crippen LogP contribution is 2.19. The molecule has 1 fully saturated rings. The van der Waals surface area contributed by atoms with Crippen molar-refractivity contribution in [1.82, 2.24) is 5.32 Å². The van der Waals surface area contributed by atoms with Crippen LogP contribution in [-0.2, 0) is 6.54 Å². The number of aliphatic hydroxyl groups excluding tert-OH is 1. The summed E-state index contributed by atoms with van der Waals surface area (Å²) in [5, 5.41) is 21.4. The number of carboxylic acids is 1. The molecule has 0 unspecified atom stereocenters. The summed E-state index contributed by atoms with van der Waals surface area (Å²) in [5.74, 6) is -0.339. The number of carboxylic acid groups (broad SMARTS) is 1. The third kappa shape index (κ3) is 3.31. The van der Waals surface area contributed by atoms with Crippen molar-refractivity contribution < 1.29 is 19.4 Å². The lowest BCUT2D eigenvalue weighted by atomic mass is 9.93. The molecule has 0 aliphatic heterocycles. The second kappa shape index (κ2) is 5.33. The van der Waals surface area contributed by atoms with Gasteiger partial charge < -0.3 is 19.9 Å². The second-order valence-corrected chi connectivity index (χ2v) is 4.49. The van der Waals surface area contributed by atoms with Crippen LogP contribution >= 0.6 is 0 Å².